The summed E-state index contributed by atoms with van der Waals surface area (Å²) in [4.78, 5) is 3.38. The van der Waals surface area contributed by atoms with Crippen LogP contribution >= 0.6 is 0 Å². The van der Waals surface area contributed by atoms with E-state index in [9.17, 15) is 31.2 Å². The Labute approximate surface area is 187 Å². The van der Waals surface area contributed by atoms with Crippen molar-refractivity contribution in [2.75, 3.05) is 0 Å². The second kappa shape index (κ2) is 8.11. The summed E-state index contributed by atoms with van der Waals surface area (Å²) < 4.78 is 79.7. The van der Waals surface area contributed by atoms with Crippen LogP contribution in [0.4, 0.5) is 17.6 Å². The molecule has 3 aromatic rings. The van der Waals surface area contributed by atoms with E-state index in [1.807, 2.05) is 4.57 Å². The molecule has 1 aliphatic rings. The van der Waals surface area contributed by atoms with Gasteiger partial charge in [-0.05, 0) is 49.9 Å². The first-order valence-corrected chi connectivity index (χ1v) is 11.8. The van der Waals surface area contributed by atoms with Gasteiger partial charge in [0, 0.05) is 11.4 Å². The van der Waals surface area contributed by atoms with E-state index in [2.05, 4.69) is 11.1 Å². The van der Waals surface area contributed by atoms with Crippen molar-refractivity contribution in [2.24, 2.45) is 5.14 Å². The molecule has 6 nitrogen and oxygen atoms in total. The zero-order valence-electron chi connectivity index (χ0n) is 17.5. The highest BCUT2D eigenvalue weighted by atomic mass is 32.2. The minimum Gasteiger partial charge on any atom is -0.335 e. The van der Waals surface area contributed by atoms with Crippen LogP contribution in [-0.2, 0) is 16.7 Å². The van der Waals surface area contributed by atoms with Crippen LogP contribution < -0.4 is 5.14 Å². The minimum absolute atomic E-state index is 0.0231. The van der Waals surface area contributed by atoms with E-state index in [0.717, 1.165) is 32.3 Å². The lowest BCUT2D eigenvalue weighted by molar-refractivity contribution is -0.147. The van der Waals surface area contributed by atoms with Gasteiger partial charge in [0.2, 0.25) is 10.0 Å². The van der Waals surface area contributed by atoms with Crippen molar-refractivity contribution in [1.29, 1.82) is 5.26 Å². The van der Waals surface area contributed by atoms with Crippen LogP contribution in [0.25, 0.3) is 22.3 Å². The summed E-state index contributed by atoms with van der Waals surface area (Å²) in [5.74, 6) is -2.21. The lowest BCUT2D eigenvalue weighted by Gasteiger charge is -2.30. The van der Waals surface area contributed by atoms with Crippen molar-refractivity contribution in [3.05, 3.63) is 47.2 Å². The Morgan fingerprint density at radius 1 is 1.27 bits per heavy atom. The van der Waals surface area contributed by atoms with Gasteiger partial charge in [-0.3, -0.25) is 0 Å². The standard InChI is InChI=1S/C22H20F4N4O2S/c1-12(22(24,25)26)20-19(33(28,31)32)8-7-17(29-20)21-16(11-27)15-6-5-13(10-23)9-18(15)30(21)14-3-2-4-14/h5-9,12,14H,2-4,10H2,1H3,(H2,28,31,32)/t12-/m1/s1. The van der Waals surface area contributed by atoms with Crippen molar-refractivity contribution in [3.63, 3.8) is 0 Å². The average molecular weight is 480 g/mol. The Morgan fingerprint density at radius 2 is 1.97 bits per heavy atom. The lowest BCUT2D eigenvalue weighted by Crippen LogP contribution is -2.24. The first kappa shape index (κ1) is 23.2. The SMILES string of the molecule is C[C@H](c1nc(-c2c(C#N)c3ccc(CF)cc3n2C2CCC2)ccc1S(N)(=O)=O)C(F)(F)F. The molecule has 1 aromatic carbocycles. The van der Waals surface area contributed by atoms with Crippen LogP contribution in [0.1, 0.15) is 55.0 Å². The number of hydrogen-bond acceptors (Lipinski definition) is 4. The van der Waals surface area contributed by atoms with Crippen molar-refractivity contribution < 1.29 is 26.0 Å². The fraction of sp³-hybridized carbons (Fsp3) is 0.364. The van der Waals surface area contributed by atoms with E-state index in [1.165, 1.54) is 6.07 Å². The van der Waals surface area contributed by atoms with Crippen LogP contribution in [0, 0.1) is 11.3 Å². The Kier molecular flexibility index (Phi) is 5.70. The molecule has 2 heterocycles. The summed E-state index contributed by atoms with van der Waals surface area (Å²) >= 11 is 0. The quantitative estimate of drug-likeness (QED) is 0.515. The van der Waals surface area contributed by atoms with Gasteiger partial charge < -0.3 is 4.57 Å². The van der Waals surface area contributed by atoms with Crippen molar-refractivity contribution in [3.8, 4) is 17.5 Å². The van der Waals surface area contributed by atoms with Crippen LogP contribution in [0.5, 0.6) is 0 Å². The zero-order valence-corrected chi connectivity index (χ0v) is 18.3. The second-order valence-corrected chi connectivity index (χ2v) is 9.69. The predicted molar refractivity (Wildman–Crippen MR) is 113 cm³/mol. The predicted octanol–water partition coefficient (Wildman–Crippen LogP) is 5.08. The average Bonchev–Trinajstić information content (AvgIpc) is 3.03. The van der Waals surface area contributed by atoms with Crippen LogP contribution in [0.15, 0.2) is 35.2 Å². The molecule has 1 atom stereocenters. The molecule has 0 unspecified atom stereocenters. The van der Waals surface area contributed by atoms with Gasteiger partial charge in [0.15, 0.2) is 0 Å². The lowest BCUT2D eigenvalue weighted by atomic mass is 9.92. The number of fused-ring (bicyclic) bond motifs is 1. The minimum atomic E-state index is -4.76. The molecule has 1 aliphatic carbocycles. The van der Waals surface area contributed by atoms with Gasteiger partial charge in [0.25, 0.3) is 0 Å². The number of hydrogen-bond donors (Lipinski definition) is 1. The molecule has 0 radical (unpaired) electrons. The third-order valence-corrected chi connectivity index (χ3v) is 7.07. The van der Waals surface area contributed by atoms with Crippen LogP contribution in [0.2, 0.25) is 0 Å². The number of rotatable bonds is 5. The van der Waals surface area contributed by atoms with Gasteiger partial charge in [-0.1, -0.05) is 12.1 Å². The third-order valence-electron chi connectivity index (χ3n) is 6.11. The molecule has 174 valence electrons. The smallest absolute Gasteiger partial charge is 0.335 e. The summed E-state index contributed by atoms with van der Waals surface area (Å²) in [6, 6.07) is 9.09. The molecule has 0 amide bonds. The number of benzene rings is 1. The van der Waals surface area contributed by atoms with Gasteiger partial charge in [-0.2, -0.15) is 18.4 Å². The highest BCUT2D eigenvalue weighted by molar-refractivity contribution is 7.89. The topological polar surface area (TPSA) is 102 Å². The number of alkyl halides is 4. The number of sulfonamides is 1. The monoisotopic (exact) mass is 480 g/mol. The van der Waals surface area contributed by atoms with E-state index in [1.54, 1.807) is 18.2 Å². The maximum atomic E-state index is 13.5. The number of pyridine rings is 1. The summed E-state index contributed by atoms with van der Waals surface area (Å²) in [6.45, 7) is 0.0958. The van der Waals surface area contributed by atoms with Gasteiger partial charge in [0.1, 0.15) is 17.6 Å². The van der Waals surface area contributed by atoms with E-state index < -0.39 is 39.4 Å². The number of aromatic nitrogens is 2. The maximum absolute atomic E-state index is 13.5. The maximum Gasteiger partial charge on any atom is 0.397 e. The normalized spacial score (nSPS) is 15.9. The number of nitrogens with two attached hydrogens (primary N) is 1. The van der Waals surface area contributed by atoms with Crippen molar-refractivity contribution >= 4 is 20.9 Å². The van der Waals surface area contributed by atoms with E-state index in [-0.39, 0.29) is 23.0 Å². The fourth-order valence-corrected chi connectivity index (χ4v) is 4.90. The summed E-state index contributed by atoms with van der Waals surface area (Å²) in [5, 5.41) is 15.6. The Morgan fingerprint density at radius 3 is 2.48 bits per heavy atom. The van der Waals surface area contributed by atoms with E-state index in [4.69, 9.17) is 5.14 Å². The molecule has 2 aromatic heterocycles. The molecule has 4 rings (SSSR count). The van der Waals surface area contributed by atoms with Crippen LogP contribution in [0.3, 0.4) is 0 Å². The van der Waals surface area contributed by atoms with Crippen molar-refractivity contribution in [1.82, 2.24) is 9.55 Å². The molecule has 0 saturated heterocycles. The molecule has 0 aliphatic heterocycles. The molecule has 33 heavy (non-hydrogen) atoms. The number of nitriles is 1. The molecule has 2 N–H and O–H groups in total. The molecule has 0 bridgehead atoms. The summed E-state index contributed by atoms with van der Waals surface area (Å²) in [7, 11) is -4.48. The number of halogens is 4. The Hall–Kier alpha value is -2.97. The Bertz CT molecular complexity index is 1390. The first-order chi connectivity index (χ1) is 15.5. The number of primary sulfonamides is 1. The Balaban J connectivity index is 2.06. The van der Waals surface area contributed by atoms with E-state index >= 15 is 0 Å². The van der Waals surface area contributed by atoms with Crippen molar-refractivity contribution in [2.45, 2.75) is 55.9 Å². The molecule has 0 spiro atoms. The highest BCUT2D eigenvalue weighted by Crippen LogP contribution is 2.43. The van der Waals surface area contributed by atoms with Crippen LogP contribution in [-0.4, -0.2) is 24.1 Å². The molecule has 11 heteroatoms. The third kappa shape index (κ3) is 3.98. The largest absolute Gasteiger partial charge is 0.397 e. The summed E-state index contributed by atoms with van der Waals surface area (Å²) in [5.41, 5.74) is 0.745. The molecule has 1 saturated carbocycles. The van der Waals surface area contributed by atoms with Gasteiger partial charge in [-0.25, -0.2) is 22.9 Å². The first-order valence-electron chi connectivity index (χ1n) is 10.2. The van der Waals surface area contributed by atoms with Gasteiger partial charge >= 0.3 is 6.18 Å². The molecular formula is C22H20F4N4O2S. The van der Waals surface area contributed by atoms with Gasteiger partial charge in [0.05, 0.1) is 34.1 Å². The fourth-order valence-electron chi connectivity index (χ4n) is 4.13. The highest BCUT2D eigenvalue weighted by Gasteiger charge is 2.41. The second-order valence-electron chi connectivity index (χ2n) is 8.16. The summed E-state index contributed by atoms with van der Waals surface area (Å²) in [6.07, 6.45) is -2.27. The van der Waals surface area contributed by atoms with E-state index in [0.29, 0.717) is 16.5 Å². The zero-order chi connectivity index (χ0) is 24.1. The van der Waals surface area contributed by atoms with Gasteiger partial charge in [-0.15, -0.1) is 0 Å². The number of nitrogens with zero attached hydrogens (tertiary/aromatic N) is 3. The molecular weight excluding hydrogens is 460 g/mol. The molecule has 1 fully saturated rings.